The fourth-order valence-corrected chi connectivity index (χ4v) is 7.08. The van der Waals surface area contributed by atoms with Crippen LogP contribution in [0.4, 0.5) is 0 Å². The lowest BCUT2D eigenvalue weighted by atomic mass is 9.90. The number of aryl methyl sites for hydroxylation is 1. The Balaban J connectivity index is 1.29. The average molecular weight is 481 g/mol. The minimum Gasteiger partial charge on any atom is -0.327 e. The van der Waals surface area contributed by atoms with Gasteiger partial charge in [-0.25, -0.2) is 13.4 Å². The molecule has 0 unspecified atom stereocenters. The molecule has 0 bridgehead atoms. The molecule has 1 aromatic heterocycles. The Morgan fingerprint density at radius 1 is 0.941 bits per heavy atom. The number of nitrogens with zero attached hydrogens (tertiary/aromatic N) is 4. The van der Waals surface area contributed by atoms with Gasteiger partial charge in [-0.2, -0.15) is 4.31 Å². The van der Waals surface area contributed by atoms with Crippen molar-refractivity contribution in [2.75, 3.05) is 26.2 Å². The molecule has 0 spiro atoms. The van der Waals surface area contributed by atoms with Gasteiger partial charge in [0.25, 0.3) is 0 Å². The molecule has 0 radical (unpaired) electrons. The van der Waals surface area contributed by atoms with Gasteiger partial charge in [-0.05, 0) is 81.8 Å². The Kier molecular flexibility index (Phi) is 7.04. The van der Waals surface area contributed by atoms with Crippen LogP contribution in [0.15, 0.2) is 53.4 Å². The van der Waals surface area contributed by atoms with Crippen molar-refractivity contribution >= 4 is 21.1 Å². The van der Waals surface area contributed by atoms with E-state index in [1.807, 2.05) is 6.07 Å². The zero-order valence-corrected chi connectivity index (χ0v) is 21.0. The second kappa shape index (κ2) is 10.2. The van der Waals surface area contributed by atoms with Crippen LogP contribution in [-0.2, 0) is 29.5 Å². The van der Waals surface area contributed by atoms with Crippen LogP contribution in [0.5, 0.6) is 0 Å². The van der Waals surface area contributed by atoms with Crippen LogP contribution in [0.25, 0.3) is 11.0 Å². The quantitative estimate of drug-likeness (QED) is 0.492. The van der Waals surface area contributed by atoms with Crippen molar-refractivity contribution in [1.29, 1.82) is 0 Å². The minimum atomic E-state index is -3.45. The summed E-state index contributed by atoms with van der Waals surface area (Å²) in [6.07, 6.45) is 6.57. The van der Waals surface area contributed by atoms with Gasteiger partial charge in [0.05, 0.1) is 22.5 Å². The molecule has 5 rings (SSSR count). The molecule has 0 amide bonds. The fourth-order valence-electron chi connectivity index (χ4n) is 5.54. The van der Waals surface area contributed by atoms with Gasteiger partial charge in [0.1, 0.15) is 5.82 Å². The van der Waals surface area contributed by atoms with Gasteiger partial charge in [0.15, 0.2) is 0 Å². The molecule has 182 valence electrons. The Bertz CT molecular complexity index is 1210. The van der Waals surface area contributed by atoms with E-state index in [1.165, 1.54) is 18.4 Å². The van der Waals surface area contributed by atoms with Crippen LogP contribution in [0, 0.1) is 5.92 Å². The zero-order chi connectivity index (χ0) is 23.5. The van der Waals surface area contributed by atoms with Gasteiger partial charge in [0.2, 0.25) is 10.0 Å². The number of aromatic nitrogens is 2. The average Bonchev–Trinajstić information content (AvgIpc) is 3.22. The van der Waals surface area contributed by atoms with Crippen molar-refractivity contribution < 1.29 is 8.42 Å². The normalized spacial score (nSPS) is 19.1. The van der Waals surface area contributed by atoms with E-state index in [4.69, 9.17) is 4.98 Å². The number of imidazole rings is 1. The number of rotatable bonds is 7. The summed E-state index contributed by atoms with van der Waals surface area (Å²) in [7, 11) is -3.45. The smallest absolute Gasteiger partial charge is 0.243 e. The highest BCUT2D eigenvalue weighted by atomic mass is 32.2. The Morgan fingerprint density at radius 3 is 2.38 bits per heavy atom. The second-order valence-corrected chi connectivity index (χ2v) is 11.7. The topological polar surface area (TPSA) is 58.4 Å². The second-order valence-electron chi connectivity index (χ2n) is 9.80. The first kappa shape index (κ1) is 23.5. The number of sulfonamides is 1. The lowest BCUT2D eigenvalue weighted by Crippen LogP contribution is -2.35. The van der Waals surface area contributed by atoms with Gasteiger partial charge in [-0.1, -0.05) is 36.8 Å². The maximum Gasteiger partial charge on any atom is 0.243 e. The highest BCUT2D eigenvalue weighted by Crippen LogP contribution is 2.27. The van der Waals surface area contributed by atoms with Crippen molar-refractivity contribution in [3.8, 4) is 0 Å². The van der Waals surface area contributed by atoms with E-state index in [0.29, 0.717) is 18.0 Å². The van der Waals surface area contributed by atoms with Crippen LogP contribution in [0.3, 0.4) is 0 Å². The maximum absolute atomic E-state index is 13.2. The largest absolute Gasteiger partial charge is 0.327 e. The Morgan fingerprint density at radius 2 is 1.68 bits per heavy atom. The van der Waals surface area contributed by atoms with Crippen molar-refractivity contribution in [2.45, 2.75) is 63.4 Å². The number of benzene rings is 2. The van der Waals surface area contributed by atoms with Crippen LogP contribution < -0.4 is 0 Å². The molecule has 3 heterocycles. The predicted molar refractivity (Wildman–Crippen MR) is 136 cm³/mol. The predicted octanol–water partition coefficient (Wildman–Crippen LogP) is 4.69. The van der Waals surface area contributed by atoms with Gasteiger partial charge in [-0.3, -0.25) is 4.90 Å². The molecule has 2 fully saturated rings. The van der Waals surface area contributed by atoms with E-state index < -0.39 is 10.0 Å². The summed E-state index contributed by atoms with van der Waals surface area (Å²) in [4.78, 5) is 7.79. The third-order valence-electron chi connectivity index (χ3n) is 7.51. The molecule has 6 nitrogen and oxygen atoms in total. The molecule has 0 N–H and O–H groups in total. The van der Waals surface area contributed by atoms with Gasteiger partial charge >= 0.3 is 0 Å². The summed E-state index contributed by atoms with van der Waals surface area (Å²) in [5, 5.41) is 0. The summed E-state index contributed by atoms with van der Waals surface area (Å²) < 4.78 is 30.2. The molecule has 2 aliphatic heterocycles. The zero-order valence-electron chi connectivity index (χ0n) is 20.2. The minimum absolute atomic E-state index is 0.371. The van der Waals surface area contributed by atoms with E-state index in [9.17, 15) is 8.42 Å². The summed E-state index contributed by atoms with van der Waals surface area (Å²) in [6.45, 7) is 7.18. The lowest BCUT2D eigenvalue weighted by Gasteiger charge is -2.31. The molecular weight excluding hydrogens is 444 g/mol. The van der Waals surface area contributed by atoms with E-state index >= 15 is 0 Å². The van der Waals surface area contributed by atoms with Crippen LogP contribution in [0.1, 0.15) is 50.4 Å². The van der Waals surface area contributed by atoms with E-state index in [1.54, 1.807) is 16.4 Å². The van der Waals surface area contributed by atoms with E-state index in [-0.39, 0.29) is 0 Å². The number of likely N-dealkylation sites (tertiary alicyclic amines) is 1. The number of piperidine rings is 2. The van der Waals surface area contributed by atoms with Gasteiger partial charge in [-0.15, -0.1) is 0 Å². The molecule has 0 aliphatic carbocycles. The molecule has 2 aliphatic rings. The molecule has 2 aromatic carbocycles. The number of hydrogen-bond acceptors (Lipinski definition) is 4. The van der Waals surface area contributed by atoms with Crippen LogP contribution in [0.2, 0.25) is 0 Å². The van der Waals surface area contributed by atoms with Crippen molar-refractivity contribution in [2.24, 2.45) is 5.92 Å². The number of fused-ring (bicyclic) bond motifs is 1. The first-order valence-electron chi connectivity index (χ1n) is 12.8. The van der Waals surface area contributed by atoms with Crippen molar-refractivity contribution in [3.63, 3.8) is 0 Å². The number of hydrogen-bond donors (Lipinski definition) is 0. The van der Waals surface area contributed by atoms with E-state index in [2.05, 4.69) is 46.7 Å². The highest BCUT2D eigenvalue weighted by molar-refractivity contribution is 7.89. The summed E-state index contributed by atoms with van der Waals surface area (Å²) in [5.41, 5.74) is 3.24. The van der Waals surface area contributed by atoms with Crippen LogP contribution >= 0.6 is 0 Å². The first-order chi connectivity index (χ1) is 16.5. The van der Waals surface area contributed by atoms with Crippen LogP contribution in [-0.4, -0.2) is 53.4 Å². The third-order valence-corrected chi connectivity index (χ3v) is 9.40. The van der Waals surface area contributed by atoms with Gasteiger partial charge in [0, 0.05) is 19.6 Å². The van der Waals surface area contributed by atoms with Gasteiger partial charge < -0.3 is 4.57 Å². The monoisotopic (exact) mass is 480 g/mol. The molecular formula is C27H36N4O2S. The fraction of sp³-hybridized carbons (Fsp3) is 0.519. The maximum atomic E-state index is 13.2. The molecule has 2 saturated heterocycles. The standard InChI is InChI=1S/C27H36N4O2S/c1-2-31-26-12-11-24(34(32,33)30-15-7-4-8-16-30)20-25(26)28-27(31)21-29-17-13-23(14-18-29)19-22-9-5-3-6-10-22/h3,5-6,9-12,20,23H,2,4,7-8,13-19,21H2,1H3. The Labute approximate surface area is 203 Å². The van der Waals surface area contributed by atoms with Crippen molar-refractivity contribution in [3.05, 3.63) is 59.9 Å². The molecule has 3 aromatic rings. The third kappa shape index (κ3) is 4.92. The summed E-state index contributed by atoms with van der Waals surface area (Å²) in [5.74, 6) is 1.78. The van der Waals surface area contributed by atoms with E-state index in [0.717, 1.165) is 74.6 Å². The molecule has 0 atom stereocenters. The van der Waals surface area contributed by atoms with Crippen molar-refractivity contribution in [1.82, 2.24) is 18.8 Å². The molecule has 0 saturated carbocycles. The molecule has 34 heavy (non-hydrogen) atoms. The highest BCUT2D eigenvalue weighted by Gasteiger charge is 2.27. The molecule has 7 heteroatoms. The lowest BCUT2D eigenvalue weighted by molar-refractivity contribution is 0.172. The SMILES string of the molecule is CCn1c(CN2CCC(Cc3ccccc3)CC2)nc2cc(S(=O)(=O)N3CCCCC3)ccc21. The summed E-state index contributed by atoms with van der Waals surface area (Å²) in [6, 6.07) is 16.3. The Hall–Kier alpha value is -2.22. The summed E-state index contributed by atoms with van der Waals surface area (Å²) >= 11 is 0. The first-order valence-corrected chi connectivity index (χ1v) is 14.2.